The Morgan fingerprint density at radius 2 is 2.42 bits per heavy atom. The molecule has 0 saturated heterocycles. The summed E-state index contributed by atoms with van der Waals surface area (Å²) in [5, 5.41) is 11.2. The summed E-state index contributed by atoms with van der Waals surface area (Å²) in [6, 6.07) is 3.39. The largest absolute Gasteiger partial charge is 0.368 e. The topological polar surface area (TPSA) is 87.6 Å². The molecule has 1 rings (SSSR count). The summed E-state index contributed by atoms with van der Waals surface area (Å²) < 4.78 is 0. The first-order chi connectivity index (χ1) is 5.72. The Kier molecular flexibility index (Phi) is 2.66. The SMILES string of the molecule is N#CCNc1cc(Cl)nc(N)n1. The molecule has 3 N–H and O–H groups in total. The lowest BCUT2D eigenvalue weighted by Gasteiger charge is -2.00. The van der Waals surface area contributed by atoms with Crippen LogP contribution in [0.5, 0.6) is 0 Å². The minimum atomic E-state index is 0.0861. The van der Waals surface area contributed by atoms with E-state index in [1.54, 1.807) is 0 Å². The van der Waals surface area contributed by atoms with Crippen molar-refractivity contribution in [1.29, 1.82) is 5.26 Å². The van der Waals surface area contributed by atoms with Crippen LogP contribution in [-0.2, 0) is 0 Å². The summed E-state index contributed by atoms with van der Waals surface area (Å²) in [4.78, 5) is 7.44. The smallest absolute Gasteiger partial charge is 0.223 e. The van der Waals surface area contributed by atoms with Crippen molar-refractivity contribution in [1.82, 2.24) is 9.97 Å². The highest BCUT2D eigenvalue weighted by Gasteiger charge is 1.98. The number of nitrogen functional groups attached to an aromatic ring is 1. The summed E-state index contributed by atoms with van der Waals surface area (Å²) in [6.45, 7) is 0.160. The highest BCUT2D eigenvalue weighted by molar-refractivity contribution is 6.29. The van der Waals surface area contributed by atoms with Gasteiger partial charge in [0.2, 0.25) is 5.95 Å². The summed E-state index contributed by atoms with van der Waals surface area (Å²) >= 11 is 5.58. The van der Waals surface area contributed by atoms with Crippen LogP contribution in [0.25, 0.3) is 0 Å². The van der Waals surface area contributed by atoms with Gasteiger partial charge in [-0.15, -0.1) is 0 Å². The fraction of sp³-hybridized carbons (Fsp3) is 0.167. The third kappa shape index (κ3) is 2.25. The standard InChI is InChI=1S/C6H6ClN5/c7-4-3-5(10-2-1-8)12-6(9)11-4/h3H,2H2,(H3,9,10,11,12). The van der Waals surface area contributed by atoms with Crippen LogP contribution in [0.15, 0.2) is 6.07 Å². The lowest BCUT2D eigenvalue weighted by molar-refractivity contribution is 1.16. The van der Waals surface area contributed by atoms with Crippen LogP contribution in [-0.4, -0.2) is 16.5 Å². The maximum Gasteiger partial charge on any atom is 0.223 e. The highest BCUT2D eigenvalue weighted by atomic mass is 35.5. The third-order valence-corrected chi connectivity index (χ3v) is 1.25. The Hall–Kier alpha value is -1.54. The van der Waals surface area contributed by atoms with E-state index in [1.165, 1.54) is 6.07 Å². The molecule has 0 bridgehead atoms. The van der Waals surface area contributed by atoms with Gasteiger partial charge in [-0.2, -0.15) is 10.2 Å². The fourth-order valence-corrected chi connectivity index (χ4v) is 0.846. The second-order valence-corrected chi connectivity index (χ2v) is 2.33. The summed E-state index contributed by atoms with van der Waals surface area (Å²) in [5.74, 6) is 0.539. The molecule has 0 fully saturated rings. The second kappa shape index (κ2) is 3.74. The third-order valence-electron chi connectivity index (χ3n) is 1.06. The van der Waals surface area contributed by atoms with Crippen LogP contribution < -0.4 is 11.1 Å². The molecule has 0 saturated carbocycles. The van der Waals surface area contributed by atoms with Crippen molar-refractivity contribution in [3.05, 3.63) is 11.2 Å². The van der Waals surface area contributed by atoms with E-state index in [-0.39, 0.29) is 17.6 Å². The van der Waals surface area contributed by atoms with E-state index in [2.05, 4.69) is 15.3 Å². The molecule has 0 aliphatic rings. The molecule has 5 nitrogen and oxygen atoms in total. The molecule has 1 aromatic rings. The Morgan fingerprint density at radius 3 is 3.00 bits per heavy atom. The normalized spacial score (nSPS) is 9.00. The van der Waals surface area contributed by atoms with Crippen LogP contribution in [0.4, 0.5) is 11.8 Å². The molecule has 0 radical (unpaired) electrons. The molecule has 0 atom stereocenters. The Labute approximate surface area is 74.2 Å². The molecule has 1 heterocycles. The van der Waals surface area contributed by atoms with Crippen molar-refractivity contribution in [3.63, 3.8) is 0 Å². The first kappa shape index (κ1) is 8.56. The van der Waals surface area contributed by atoms with Gasteiger partial charge in [0.05, 0.1) is 6.07 Å². The second-order valence-electron chi connectivity index (χ2n) is 1.95. The lowest BCUT2D eigenvalue weighted by Crippen LogP contribution is -2.03. The first-order valence-electron chi connectivity index (χ1n) is 3.13. The fourth-order valence-electron chi connectivity index (χ4n) is 0.656. The van der Waals surface area contributed by atoms with E-state index in [4.69, 9.17) is 22.6 Å². The van der Waals surface area contributed by atoms with Crippen LogP contribution in [0.2, 0.25) is 5.15 Å². The van der Waals surface area contributed by atoms with Gasteiger partial charge in [-0.1, -0.05) is 11.6 Å². The molecule has 1 aromatic heterocycles. The molecule has 0 aromatic carbocycles. The lowest BCUT2D eigenvalue weighted by atomic mass is 10.5. The van der Waals surface area contributed by atoms with Crippen LogP contribution in [0, 0.1) is 11.3 Å². The first-order valence-corrected chi connectivity index (χ1v) is 3.51. The van der Waals surface area contributed by atoms with Crippen LogP contribution >= 0.6 is 11.6 Å². The van der Waals surface area contributed by atoms with Crippen LogP contribution in [0.3, 0.4) is 0 Å². The molecule has 0 amide bonds. The molecule has 6 heteroatoms. The van der Waals surface area contributed by atoms with Gasteiger partial charge in [0.25, 0.3) is 0 Å². The molecule has 62 valence electrons. The van der Waals surface area contributed by atoms with E-state index in [9.17, 15) is 0 Å². The Balaban J connectivity index is 2.80. The average Bonchev–Trinajstić information content (AvgIpc) is 1.99. The predicted octanol–water partition coefficient (Wildman–Crippen LogP) is 0.648. The Bertz CT molecular complexity index is 298. The van der Waals surface area contributed by atoms with E-state index < -0.39 is 0 Å². The van der Waals surface area contributed by atoms with Gasteiger partial charge in [-0.25, -0.2) is 4.98 Å². The number of halogens is 1. The van der Waals surface area contributed by atoms with Gasteiger partial charge in [0, 0.05) is 6.07 Å². The van der Waals surface area contributed by atoms with E-state index in [0.717, 1.165) is 0 Å². The zero-order valence-electron chi connectivity index (χ0n) is 6.08. The van der Waals surface area contributed by atoms with E-state index >= 15 is 0 Å². The van der Waals surface area contributed by atoms with E-state index in [1.807, 2.05) is 6.07 Å². The molecule has 0 aliphatic heterocycles. The van der Waals surface area contributed by atoms with Gasteiger partial charge >= 0.3 is 0 Å². The number of nitrogens with zero attached hydrogens (tertiary/aromatic N) is 3. The number of nitrogens with one attached hydrogen (secondary N) is 1. The molecule has 0 spiro atoms. The van der Waals surface area contributed by atoms with Crippen molar-refractivity contribution in [3.8, 4) is 6.07 Å². The summed E-state index contributed by atoms with van der Waals surface area (Å²) in [5.41, 5.74) is 5.30. The average molecular weight is 184 g/mol. The van der Waals surface area contributed by atoms with Crippen LogP contribution in [0.1, 0.15) is 0 Å². The highest BCUT2D eigenvalue weighted by Crippen LogP contribution is 2.11. The summed E-state index contributed by atoms with van der Waals surface area (Å²) in [7, 11) is 0. The quantitative estimate of drug-likeness (QED) is 0.519. The zero-order valence-corrected chi connectivity index (χ0v) is 6.84. The number of nitrogens with two attached hydrogens (primary N) is 1. The number of hydrogen-bond donors (Lipinski definition) is 2. The number of rotatable bonds is 2. The Morgan fingerprint density at radius 1 is 1.67 bits per heavy atom. The van der Waals surface area contributed by atoms with Gasteiger partial charge in [-0.3, -0.25) is 0 Å². The number of aromatic nitrogens is 2. The minimum Gasteiger partial charge on any atom is -0.368 e. The van der Waals surface area contributed by atoms with Crippen molar-refractivity contribution < 1.29 is 0 Å². The molecule has 0 aliphatic carbocycles. The number of nitriles is 1. The summed E-state index contributed by atoms with van der Waals surface area (Å²) in [6.07, 6.45) is 0. The van der Waals surface area contributed by atoms with Gasteiger partial charge in [0.15, 0.2) is 0 Å². The number of anilines is 2. The minimum absolute atomic E-state index is 0.0861. The molecule has 0 unspecified atom stereocenters. The van der Waals surface area contributed by atoms with Crippen molar-refractivity contribution in [2.75, 3.05) is 17.6 Å². The molecule has 12 heavy (non-hydrogen) atoms. The molecular formula is C6H6ClN5. The zero-order chi connectivity index (χ0) is 8.97. The maximum atomic E-state index is 8.25. The monoisotopic (exact) mass is 183 g/mol. The molecular weight excluding hydrogens is 178 g/mol. The van der Waals surface area contributed by atoms with Crippen molar-refractivity contribution in [2.24, 2.45) is 0 Å². The maximum absolute atomic E-state index is 8.25. The van der Waals surface area contributed by atoms with Crippen molar-refractivity contribution in [2.45, 2.75) is 0 Å². The van der Waals surface area contributed by atoms with E-state index in [0.29, 0.717) is 5.82 Å². The van der Waals surface area contributed by atoms with Gasteiger partial charge in [-0.05, 0) is 0 Å². The van der Waals surface area contributed by atoms with Gasteiger partial charge < -0.3 is 11.1 Å². The van der Waals surface area contributed by atoms with Gasteiger partial charge in [0.1, 0.15) is 17.5 Å². The number of hydrogen-bond acceptors (Lipinski definition) is 5. The van der Waals surface area contributed by atoms with Crippen molar-refractivity contribution >= 4 is 23.4 Å². The predicted molar refractivity (Wildman–Crippen MR) is 45.6 cm³/mol.